The fourth-order valence-corrected chi connectivity index (χ4v) is 3.29. The number of hydrogen-bond donors (Lipinski definition) is 0. The first-order valence-corrected chi connectivity index (χ1v) is 7.96. The van der Waals surface area contributed by atoms with Crippen molar-refractivity contribution in [1.82, 2.24) is 24.3 Å². The lowest BCUT2D eigenvalue weighted by molar-refractivity contribution is 0.624. The van der Waals surface area contributed by atoms with Crippen molar-refractivity contribution in [3.8, 4) is 17.1 Å². The van der Waals surface area contributed by atoms with E-state index in [-0.39, 0.29) is 18.2 Å². The molecule has 0 N–H and O–H groups in total. The van der Waals surface area contributed by atoms with Gasteiger partial charge in [-0.3, -0.25) is 0 Å². The summed E-state index contributed by atoms with van der Waals surface area (Å²) in [5.74, 6) is 1.88. The lowest BCUT2D eigenvalue weighted by atomic mass is 10.1. The highest BCUT2D eigenvalue weighted by atomic mass is 35.5. The second-order valence-electron chi connectivity index (χ2n) is 6.44. The summed E-state index contributed by atoms with van der Waals surface area (Å²) in [6.07, 6.45) is 5.14. The average molecular weight is 346 g/mol. The molecule has 5 nitrogen and oxygen atoms in total. The van der Waals surface area contributed by atoms with Crippen molar-refractivity contribution < 1.29 is 4.39 Å². The fraction of sp³-hybridized carbons (Fsp3) is 0.353. The van der Waals surface area contributed by atoms with Crippen molar-refractivity contribution in [2.24, 2.45) is 5.92 Å². The van der Waals surface area contributed by atoms with E-state index < -0.39 is 0 Å². The predicted octanol–water partition coefficient (Wildman–Crippen LogP) is 3.31. The van der Waals surface area contributed by atoms with Gasteiger partial charge in [-0.25, -0.2) is 19.0 Å². The highest BCUT2D eigenvalue weighted by molar-refractivity contribution is 5.85. The minimum Gasteiger partial charge on any atom is -0.300 e. The van der Waals surface area contributed by atoms with Crippen LogP contribution in [-0.2, 0) is 13.0 Å². The Morgan fingerprint density at radius 3 is 2.92 bits per heavy atom. The summed E-state index contributed by atoms with van der Waals surface area (Å²) < 4.78 is 18.4. The van der Waals surface area contributed by atoms with Gasteiger partial charge in [0.1, 0.15) is 5.82 Å². The van der Waals surface area contributed by atoms with Gasteiger partial charge >= 0.3 is 0 Å². The molecule has 1 aliphatic carbocycles. The van der Waals surface area contributed by atoms with Gasteiger partial charge < -0.3 is 4.57 Å². The van der Waals surface area contributed by atoms with Crippen molar-refractivity contribution in [1.29, 1.82) is 0 Å². The van der Waals surface area contributed by atoms with E-state index in [1.54, 1.807) is 12.4 Å². The Labute approximate surface area is 145 Å². The first-order chi connectivity index (χ1) is 11.2. The van der Waals surface area contributed by atoms with Crippen LogP contribution in [0.2, 0.25) is 0 Å². The number of imidazole rings is 1. The third-order valence-corrected chi connectivity index (χ3v) is 4.73. The van der Waals surface area contributed by atoms with Gasteiger partial charge in [0, 0.05) is 6.42 Å². The summed E-state index contributed by atoms with van der Waals surface area (Å²) in [5, 5.41) is 4.65. The molecule has 0 radical (unpaired) electrons. The van der Waals surface area contributed by atoms with Crippen molar-refractivity contribution >= 4 is 12.4 Å². The normalized spacial score (nSPS) is 15.1. The molecule has 1 saturated carbocycles. The summed E-state index contributed by atoms with van der Waals surface area (Å²) in [4.78, 5) is 9.05. The van der Waals surface area contributed by atoms with Crippen LogP contribution in [0.25, 0.3) is 17.1 Å². The van der Waals surface area contributed by atoms with Gasteiger partial charge in [-0.1, -0.05) is 6.07 Å². The van der Waals surface area contributed by atoms with Crippen LogP contribution in [0.1, 0.15) is 30.1 Å². The zero-order valence-electron chi connectivity index (χ0n) is 13.2. The smallest absolute Gasteiger partial charge is 0.163 e. The summed E-state index contributed by atoms with van der Waals surface area (Å²) in [5.41, 5.74) is 3.26. The molecule has 3 heterocycles. The number of hydrogen-bond acceptors (Lipinski definition) is 3. The van der Waals surface area contributed by atoms with E-state index in [4.69, 9.17) is 0 Å². The fourth-order valence-electron chi connectivity index (χ4n) is 3.29. The molecule has 124 valence electrons. The topological polar surface area (TPSA) is 48.5 Å². The lowest BCUT2D eigenvalue weighted by Crippen LogP contribution is -2.06. The summed E-state index contributed by atoms with van der Waals surface area (Å²) in [7, 11) is 0. The maximum atomic E-state index is 14.6. The molecule has 0 bridgehead atoms. The van der Waals surface area contributed by atoms with E-state index in [1.807, 2.05) is 22.2 Å². The second kappa shape index (κ2) is 5.41. The minimum atomic E-state index is -0.270. The van der Waals surface area contributed by atoms with E-state index in [1.165, 1.54) is 18.9 Å². The molecule has 1 aliphatic heterocycles. The Hall–Kier alpha value is -2.21. The molecular formula is C17H17ClFN5. The maximum absolute atomic E-state index is 14.6. The molecule has 0 amide bonds. The molecule has 0 atom stereocenters. The van der Waals surface area contributed by atoms with E-state index in [0.29, 0.717) is 23.9 Å². The van der Waals surface area contributed by atoms with E-state index >= 15 is 0 Å². The number of rotatable bonds is 2. The van der Waals surface area contributed by atoms with Gasteiger partial charge in [-0.2, -0.15) is 5.10 Å². The summed E-state index contributed by atoms with van der Waals surface area (Å²) in [6.45, 7) is 2.53. The zero-order valence-corrected chi connectivity index (χ0v) is 14.1. The van der Waals surface area contributed by atoms with Crippen LogP contribution in [0.15, 0.2) is 24.5 Å². The van der Waals surface area contributed by atoms with Crippen molar-refractivity contribution in [2.45, 2.75) is 32.7 Å². The van der Waals surface area contributed by atoms with Crippen LogP contribution in [0.4, 0.5) is 4.39 Å². The molecule has 2 aromatic heterocycles. The highest BCUT2D eigenvalue weighted by Gasteiger charge is 2.28. The molecule has 0 spiro atoms. The second-order valence-corrected chi connectivity index (χ2v) is 6.44. The highest BCUT2D eigenvalue weighted by Crippen LogP contribution is 2.35. The Morgan fingerprint density at radius 1 is 1.29 bits per heavy atom. The molecule has 1 aromatic carbocycles. The monoisotopic (exact) mass is 345 g/mol. The predicted molar refractivity (Wildman–Crippen MR) is 90.1 cm³/mol. The van der Waals surface area contributed by atoms with Crippen molar-refractivity contribution in [3.63, 3.8) is 0 Å². The average Bonchev–Trinajstić information content (AvgIpc) is 3.18. The SMILES string of the molecule is Cc1ncn2c1Cn1nc(CC3CC3)nc1-c1c(F)cccc1-2.Cl. The molecule has 24 heavy (non-hydrogen) atoms. The van der Waals surface area contributed by atoms with Gasteiger partial charge in [0.2, 0.25) is 0 Å². The molecule has 7 heteroatoms. The zero-order chi connectivity index (χ0) is 15.6. The van der Waals surface area contributed by atoms with Crippen LogP contribution < -0.4 is 0 Å². The van der Waals surface area contributed by atoms with Crippen LogP contribution in [0.3, 0.4) is 0 Å². The van der Waals surface area contributed by atoms with Crippen LogP contribution in [-0.4, -0.2) is 24.3 Å². The molecular weight excluding hydrogens is 329 g/mol. The Kier molecular flexibility index (Phi) is 3.46. The van der Waals surface area contributed by atoms with E-state index in [0.717, 1.165) is 29.3 Å². The van der Waals surface area contributed by atoms with Gasteiger partial charge in [0.05, 0.1) is 35.5 Å². The quantitative estimate of drug-likeness (QED) is 0.560. The Bertz CT molecular complexity index is 925. The first kappa shape index (κ1) is 15.3. The van der Waals surface area contributed by atoms with Gasteiger partial charge in [-0.05, 0) is 37.8 Å². The lowest BCUT2D eigenvalue weighted by Gasteiger charge is -2.08. The molecule has 3 aromatic rings. The molecule has 2 aliphatic rings. The standard InChI is InChI=1S/C17H16FN5.ClH/c1-10-14-8-23-17(20-15(21-23)7-11-5-6-11)16-12(18)3-2-4-13(16)22(14)9-19-10;/h2-4,9,11H,5-8H2,1H3;1H. The third kappa shape index (κ3) is 2.24. The molecule has 1 fully saturated rings. The summed E-state index contributed by atoms with van der Waals surface area (Å²) >= 11 is 0. The Morgan fingerprint density at radius 2 is 2.12 bits per heavy atom. The van der Waals surface area contributed by atoms with Gasteiger partial charge in [0.15, 0.2) is 11.6 Å². The number of benzene rings is 1. The number of fused-ring (bicyclic) bond motifs is 5. The minimum absolute atomic E-state index is 0. The largest absolute Gasteiger partial charge is 0.300 e. The van der Waals surface area contributed by atoms with E-state index in [9.17, 15) is 4.39 Å². The first-order valence-electron chi connectivity index (χ1n) is 7.96. The van der Waals surface area contributed by atoms with Crippen LogP contribution in [0, 0.1) is 18.7 Å². The van der Waals surface area contributed by atoms with E-state index in [2.05, 4.69) is 15.1 Å². The number of halogens is 2. The maximum Gasteiger partial charge on any atom is 0.163 e. The number of aryl methyl sites for hydroxylation is 1. The number of nitrogens with zero attached hydrogens (tertiary/aromatic N) is 5. The third-order valence-electron chi connectivity index (χ3n) is 4.73. The van der Waals surface area contributed by atoms with Crippen molar-refractivity contribution in [2.75, 3.05) is 0 Å². The molecule has 0 unspecified atom stereocenters. The van der Waals surface area contributed by atoms with Crippen LogP contribution in [0.5, 0.6) is 0 Å². The van der Waals surface area contributed by atoms with Crippen molar-refractivity contribution in [3.05, 3.63) is 47.6 Å². The van der Waals surface area contributed by atoms with Gasteiger partial charge in [0.25, 0.3) is 0 Å². The molecule has 5 rings (SSSR count). The summed E-state index contributed by atoms with van der Waals surface area (Å²) in [6, 6.07) is 5.12. The Balaban J connectivity index is 0.00000146. The number of aromatic nitrogens is 5. The van der Waals surface area contributed by atoms with Crippen LogP contribution >= 0.6 is 12.4 Å². The molecule has 0 saturated heterocycles. The van der Waals surface area contributed by atoms with Gasteiger partial charge in [-0.15, -0.1) is 12.4 Å².